The predicted octanol–water partition coefficient (Wildman–Crippen LogP) is 5.00. The minimum atomic E-state index is -0.100. The first-order valence-corrected chi connectivity index (χ1v) is 6.84. The van der Waals surface area contributed by atoms with E-state index in [0.717, 1.165) is 17.7 Å². The maximum absolute atomic E-state index is 13.8. The van der Waals surface area contributed by atoms with Crippen molar-refractivity contribution in [1.82, 2.24) is 4.90 Å². The van der Waals surface area contributed by atoms with E-state index in [1.165, 1.54) is 12.5 Å². The van der Waals surface area contributed by atoms with Crippen LogP contribution in [0.2, 0.25) is 0 Å². The zero-order chi connectivity index (χ0) is 14.8. The third-order valence-corrected chi connectivity index (χ3v) is 4.63. The highest BCUT2D eigenvalue weighted by Crippen LogP contribution is 2.46. The summed E-state index contributed by atoms with van der Waals surface area (Å²) < 4.78 is 13.8. The van der Waals surface area contributed by atoms with Gasteiger partial charge in [-0.1, -0.05) is 37.3 Å². The molecule has 2 heteroatoms. The van der Waals surface area contributed by atoms with E-state index >= 15 is 0 Å². The topological polar surface area (TPSA) is 3.24 Å². The van der Waals surface area contributed by atoms with E-state index in [4.69, 9.17) is 0 Å². The second-order valence-electron chi connectivity index (χ2n) is 5.66. The van der Waals surface area contributed by atoms with Crippen LogP contribution in [0.1, 0.15) is 41.0 Å². The highest BCUT2D eigenvalue weighted by molar-refractivity contribution is 5.41. The molecule has 2 atom stereocenters. The van der Waals surface area contributed by atoms with Gasteiger partial charge in [-0.15, -0.1) is 0 Å². The van der Waals surface area contributed by atoms with Crippen molar-refractivity contribution in [2.45, 2.75) is 46.6 Å². The monoisotopic (exact) mass is 263 g/mol. The van der Waals surface area contributed by atoms with Crippen molar-refractivity contribution in [2.24, 2.45) is 5.92 Å². The summed E-state index contributed by atoms with van der Waals surface area (Å²) in [5.74, 6) is 0.235. The van der Waals surface area contributed by atoms with Gasteiger partial charge in [-0.2, -0.15) is 0 Å². The van der Waals surface area contributed by atoms with Crippen LogP contribution in [-0.2, 0) is 0 Å². The summed E-state index contributed by atoms with van der Waals surface area (Å²) in [6.07, 6.45) is 6.76. The normalized spacial score (nSPS) is 30.8. The highest BCUT2D eigenvalue weighted by atomic mass is 19.1. The highest BCUT2D eigenvalue weighted by Gasteiger charge is 2.44. The maximum Gasteiger partial charge on any atom is 0.120 e. The molecular weight excluding hydrogens is 237 g/mol. The van der Waals surface area contributed by atoms with Gasteiger partial charge in [0.25, 0.3) is 0 Å². The Morgan fingerprint density at radius 1 is 1.47 bits per heavy atom. The first kappa shape index (κ1) is 15.7. The lowest BCUT2D eigenvalue weighted by Crippen LogP contribution is -2.44. The molecule has 1 aliphatic rings. The molecular formula is C17H26FN. The number of hydrogen-bond donors (Lipinski definition) is 0. The lowest BCUT2D eigenvalue weighted by Gasteiger charge is -2.40. The molecule has 1 nitrogen and oxygen atoms in total. The Morgan fingerprint density at radius 3 is 2.42 bits per heavy atom. The Balaban J connectivity index is 3.25. The average Bonchev–Trinajstić information content (AvgIpc) is 2.62. The first-order valence-electron chi connectivity index (χ1n) is 6.84. The van der Waals surface area contributed by atoms with Gasteiger partial charge in [-0.3, -0.25) is 0 Å². The lowest BCUT2D eigenvalue weighted by molar-refractivity contribution is 0.164. The van der Waals surface area contributed by atoms with Crippen LogP contribution in [0, 0.1) is 5.92 Å². The fourth-order valence-corrected chi connectivity index (χ4v) is 3.01. The molecule has 0 radical (unpaired) electrons. The summed E-state index contributed by atoms with van der Waals surface area (Å²) in [5, 5.41) is 0. The zero-order valence-corrected chi connectivity index (χ0v) is 13.0. The number of likely N-dealkylation sites (tertiary alicyclic amines) is 1. The summed E-state index contributed by atoms with van der Waals surface area (Å²) in [6.45, 7) is 13.8. The molecule has 0 saturated carbocycles. The number of likely N-dealkylation sites (N-methyl/N-ethyl adjacent to an activating group) is 1. The summed E-state index contributed by atoms with van der Waals surface area (Å²) in [6, 6.07) is 0. The van der Waals surface area contributed by atoms with Crippen molar-refractivity contribution >= 4 is 0 Å². The van der Waals surface area contributed by atoms with E-state index in [-0.39, 0.29) is 11.4 Å². The van der Waals surface area contributed by atoms with Crippen molar-refractivity contribution in [1.29, 1.82) is 0 Å². The van der Waals surface area contributed by atoms with Gasteiger partial charge in [-0.05, 0) is 39.7 Å². The lowest BCUT2D eigenvalue weighted by atomic mass is 9.79. The van der Waals surface area contributed by atoms with Gasteiger partial charge in [0, 0.05) is 18.5 Å². The van der Waals surface area contributed by atoms with E-state index in [1.54, 1.807) is 0 Å². The van der Waals surface area contributed by atoms with Crippen molar-refractivity contribution < 1.29 is 4.39 Å². The van der Waals surface area contributed by atoms with Crippen molar-refractivity contribution in [3.63, 3.8) is 0 Å². The molecule has 106 valence electrons. The number of halogens is 1. The number of rotatable bonds is 3. The maximum atomic E-state index is 13.8. The van der Waals surface area contributed by atoms with Crippen LogP contribution in [0.25, 0.3) is 0 Å². The van der Waals surface area contributed by atoms with Gasteiger partial charge >= 0.3 is 0 Å². The molecule has 0 aromatic carbocycles. The van der Waals surface area contributed by atoms with E-state index < -0.39 is 0 Å². The van der Waals surface area contributed by atoms with Crippen LogP contribution in [0.4, 0.5) is 4.39 Å². The van der Waals surface area contributed by atoms with Gasteiger partial charge in [-0.25, -0.2) is 4.39 Å². The molecule has 0 bridgehead atoms. The van der Waals surface area contributed by atoms with E-state index in [9.17, 15) is 4.39 Å². The van der Waals surface area contributed by atoms with Crippen LogP contribution < -0.4 is 0 Å². The smallest absolute Gasteiger partial charge is 0.120 e. The number of nitrogens with zero attached hydrogens (tertiary/aromatic N) is 1. The van der Waals surface area contributed by atoms with Gasteiger partial charge < -0.3 is 4.90 Å². The molecule has 19 heavy (non-hydrogen) atoms. The second-order valence-corrected chi connectivity index (χ2v) is 5.66. The third kappa shape index (κ3) is 2.68. The van der Waals surface area contributed by atoms with Crippen LogP contribution in [0.15, 0.2) is 47.5 Å². The van der Waals surface area contributed by atoms with Crippen LogP contribution >= 0.6 is 0 Å². The fourth-order valence-electron chi connectivity index (χ4n) is 3.01. The van der Waals surface area contributed by atoms with E-state index in [0.29, 0.717) is 5.92 Å². The quantitative estimate of drug-likeness (QED) is 0.648. The molecule has 2 unspecified atom stereocenters. The molecule has 0 spiro atoms. The Kier molecular flexibility index (Phi) is 4.78. The summed E-state index contributed by atoms with van der Waals surface area (Å²) in [7, 11) is 1.99. The summed E-state index contributed by atoms with van der Waals surface area (Å²) >= 11 is 0. The van der Waals surface area contributed by atoms with Crippen LogP contribution in [0.5, 0.6) is 0 Å². The van der Waals surface area contributed by atoms with Crippen molar-refractivity contribution in [3.05, 3.63) is 47.5 Å². The van der Waals surface area contributed by atoms with Crippen molar-refractivity contribution in [2.75, 3.05) is 7.05 Å². The summed E-state index contributed by atoms with van der Waals surface area (Å²) in [5.41, 5.74) is 3.04. The van der Waals surface area contributed by atoms with Gasteiger partial charge in [0.05, 0.1) is 5.70 Å². The second kappa shape index (κ2) is 5.77. The Labute approximate surface area is 117 Å². The van der Waals surface area contributed by atoms with Crippen LogP contribution in [0.3, 0.4) is 0 Å². The molecule has 0 N–H and O–H groups in total. The van der Waals surface area contributed by atoms with E-state index in [2.05, 4.69) is 32.3 Å². The minimum Gasteiger partial charge on any atom is -0.366 e. The SMILES string of the molecule is C=C/C=C(\C)C(C)C1(C)C/C(=C\C)C(=C(C)F)N1C. The molecule has 1 saturated heterocycles. The molecule has 1 fully saturated rings. The van der Waals surface area contributed by atoms with Gasteiger partial charge in [0.2, 0.25) is 0 Å². The van der Waals surface area contributed by atoms with Crippen LogP contribution in [-0.4, -0.2) is 17.5 Å². The molecule has 1 heterocycles. The third-order valence-electron chi connectivity index (χ3n) is 4.63. The van der Waals surface area contributed by atoms with Crippen molar-refractivity contribution in [3.8, 4) is 0 Å². The standard InChI is InChI=1S/C17H26FN/c1-8-10-12(3)13(4)17(6)11-15(9-2)16(14(5)18)19(17)7/h8-10,13H,1,11H2,2-7H3/b12-10+,15-9+,16-14?. The van der Waals surface area contributed by atoms with Gasteiger partial charge in [0.15, 0.2) is 0 Å². The fraction of sp³-hybridized carbons (Fsp3) is 0.529. The Morgan fingerprint density at radius 2 is 2.05 bits per heavy atom. The minimum absolute atomic E-state index is 0.0892. The molecule has 0 aromatic heterocycles. The number of hydrogen-bond acceptors (Lipinski definition) is 1. The van der Waals surface area contributed by atoms with Gasteiger partial charge in [0.1, 0.15) is 5.83 Å². The largest absolute Gasteiger partial charge is 0.366 e. The Hall–Kier alpha value is -1.31. The average molecular weight is 263 g/mol. The van der Waals surface area contributed by atoms with E-state index in [1.807, 2.05) is 32.2 Å². The molecule has 0 aliphatic carbocycles. The zero-order valence-electron chi connectivity index (χ0n) is 13.0. The first-order chi connectivity index (χ1) is 8.79. The molecule has 1 rings (SSSR count). The predicted molar refractivity (Wildman–Crippen MR) is 81.5 cm³/mol. The molecule has 0 amide bonds. The Bertz CT molecular complexity index is 452. The molecule has 1 aliphatic heterocycles. The number of allylic oxidation sites excluding steroid dienone is 5. The summed E-state index contributed by atoms with van der Waals surface area (Å²) in [4.78, 5) is 2.10. The molecule has 0 aromatic rings.